The molecule has 4 aliphatic carbocycles. The number of aliphatic carboxylic acids is 1. The van der Waals surface area contributed by atoms with Gasteiger partial charge in [0.2, 0.25) is 0 Å². The van der Waals surface area contributed by atoms with Crippen LogP contribution in [-0.4, -0.2) is 54.2 Å². The number of carboxylic acid groups (broad SMARTS) is 1. The molecule has 1 aromatic heterocycles. The van der Waals surface area contributed by atoms with Crippen molar-refractivity contribution in [1.29, 1.82) is 0 Å². The smallest absolute Gasteiger partial charge is 0.304 e. The Balaban J connectivity index is 1.16. The number of aromatic nitrogens is 1. The van der Waals surface area contributed by atoms with Gasteiger partial charge in [-0.25, -0.2) is 4.98 Å². The molecule has 5 fully saturated rings. The molecule has 2 aromatic rings. The third-order valence-electron chi connectivity index (χ3n) is 9.34. The first kappa shape index (κ1) is 24.9. The van der Waals surface area contributed by atoms with E-state index in [1.807, 2.05) is 18.2 Å². The van der Waals surface area contributed by atoms with E-state index < -0.39 is 5.97 Å². The van der Waals surface area contributed by atoms with Crippen LogP contribution in [0.4, 0.5) is 5.82 Å². The monoisotopic (exact) mass is 524 g/mol. The van der Waals surface area contributed by atoms with Crippen LogP contribution in [-0.2, 0) is 4.79 Å². The summed E-state index contributed by atoms with van der Waals surface area (Å²) >= 11 is 6.58. The minimum Gasteiger partial charge on any atom is -0.481 e. The Bertz CT molecular complexity index is 1170. The van der Waals surface area contributed by atoms with E-state index in [2.05, 4.69) is 15.5 Å². The Morgan fingerprint density at radius 2 is 1.81 bits per heavy atom. The quantitative estimate of drug-likeness (QED) is 0.456. The van der Waals surface area contributed by atoms with Gasteiger partial charge in [-0.1, -0.05) is 11.6 Å². The zero-order valence-electron chi connectivity index (χ0n) is 21.3. The molecule has 4 saturated carbocycles. The van der Waals surface area contributed by atoms with Crippen molar-refractivity contribution in [2.75, 3.05) is 31.1 Å². The molecular weight excluding hydrogens is 488 g/mol. The molecule has 7 rings (SSSR count). The Kier molecular flexibility index (Phi) is 6.78. The summed E-state index contributed by atoms with van der Waals surface area (Å²) in [5.74, 6) is 2.56. The third kappa shape index (κ3) is 5.17. The number of hydrogen-bond acceptors (Lipinski definition) is 5. The minimum absolute atomic E-state index is 0.0958. The fourth-order valence-corrected chi connectivity index (χ4v) is 8.42. The van der Waals surface area contributed by atoms with Gasteiger partial charge in [0, 0.05) is 37.6 Å². The Hall–Kier alpha value is -2.38. The summed E-state index contributed by atoms with van der Waals surface area (Å²) in [5.41, 5.74) is 1.56. The van der Waals surface area contributed by atoms with Crippen LogP contribution in [0.2, 0.25) is 5.02 Å². The van der Waals surface area contributed by atoms with Crippen LogP contribution in [0.5, 0.6) is 0 Å². The maximum Gasteiger partial charge on any atom is 0.304 e. The standard InChI is InChI=1S/C29H37ClN4O3/c30-23-4-5-24-22(3-6-25(33-24)34-9-1-2-21(16-34)31-8-7-26(35)36)27(23)28(37)32-17-29-13-18-10-19(14-29)12-20(11-18)15-29/h3-6,18-21,31H,1-2,7-17H2,(H,32,37)(H,35,36)/t18?,19?,20?,21-,29?/m0/s1. The number of piperidine rings is 1. The molecule has 1 aliphatic heterocycles. The van der Waals surface area contributed by atoms with Crippen LogP contribution >= 0.6 is 11.6 Å². The van der Waals surface area contributed by atoms with E-state index in [-0.39, 0.29) is 23.8 Å². The number of hydrogen-bond donors (Lipinski definition) is 3. The number of fused-ring (bicyclic) bond motifs is 1. The molecule has 7 nitrogen and oxygen atoms in total. The number of pyridine rings is 1. The van der Waals surface area contributed by atoms with Crippen LogP contribution in [0.3, 0.4) is 0 Å². The predicted octanol–water partition coefficient (Wildman–Crippen LogP) is 4.87. The fourth-order valence-electron chi connectivity index (χ4n) is 8.17. The number of carboxylic acids is 1. The molecule has 5 aliphatic rings. The lowest BCUT2D eigenvalue weighted by atomic mass is 9.49. The van der Waals surface area contributed by atoms with Gasteiger partial charge in [0.15, 0.2) is 0 Å². The maximum atomic E-state index is 13.5. The summed E-state index contributed by atoms with van der Waals surface area (Å²) < 4.78 is 0. The van der Waals surface area contributed by atoms with Crippen molar-refractivity contribution < 1.29 is 14.7 Å². The normalized spacial score (nSPS) is 30.6. The number of benzene rings is 1. The van der Waals surface area contributed by atoms with Crippen LogP contribution in [0.15, 0.2) is 24.3 Å². The number of anilines is 1. The first-order chi connectivity index (χ1) is 17.9. The molecule has 1 aromatic carbocycles. The summed E-state index contributed by atoms with van der Waals surface area (Å²) in [7, 11) is 0. The van der Waals surface area contributed by atoms with Crippen molar-refractivity contribution in [3.8, 4) is 0 Å². The molecule has 0 unspecified atom stereocenters. The molecule has 2 heterocycles. The van der Waals surface area contributed by atoms with E-state index in [9.17, 15) is 9.59 Å². The molecule has 198 valence electrons. The van der Waals surface area contributed by atoms with Gasteiger partial charge in [0.25, 0.3) is 5.91 Å². The molecule has 4 bridgehead atoms. The number of nitrogens with zero attached hydrogens (tertiary/aromatic N) is 2. The molecule has 0 radical (unpaired) electrons. The van der Waals surface area contributed by atoms with E-state index in [0.717, 1.165) is 67.0 Å². The van der Waals surface area contributed by atoms with Gasteiger partial charge < -0.3 is 20.6 Å². The summed E-state index contributed by atoms with van der Waals surface area (Å²) in [6.45, 7) is 2.91. The topological polar surface area (TPSA) is 94.6 Å². The molecule has 1 amide bonds. The SMILES string of the molecule is O=C(O)CCN[C@H]1CCCN(c2ccc3c(C(=O)NCC45CC6CC(CC(C6)C4)C5)c(Cl)ccc3n2)C1. The van der Waals surface area contributed by atoms with E-state index >= 15 is 0 Å². The number of nitrogens with one attached hydrogen (secondary N) is 2. The number of carbonyl (C=O) groups excluding carboxylic acids is 1. The molecule has 1 saturated heterocycles. The maximum absolute atomic E-state index is 13.5. The summed E-state index contributed by atoms with van der Waals surface area (Å²) in [5, 5.41) is 16.8. The number of carbonyl (C=O) groups is 2. The lowest BCUT2D eigenvalue weighted by molar-refractivity contribution is -0.136. The van der Waals surface area contributed by atoms with Gasteiger partial charge in [0.1, 0.15) is 5.82 Å². The van der Waals surface area contributed by atoms with Crippen molar-refractivity contribution in [2.24, 2.45) is 23.2 Å². The molecule has 8 heteroatoms. The molecule has 3 N–H and O–H groups in total. The van der Waals surface area contributed by atoms with Gasteiger partial charge in [-0.2, -0.15) is 0 Å². The van der Waals surface area contributed by atoms with Crippen LogP contribution in [0.1, 0.15) is 68.1 Å². The van der Waals surface area contributed by atoms with Crippen molar-refractivity contribution in [1.82, 2.24) is 15.6 Å². The van der Waals surface area contributed by atoms with Crippen LogP contribution in [0.25, 0.3) is 10.9 Å². The largest absolute Gasteiger partial charge is 0.481 e. The van der Waals surface area contributed by atoms with Crippen molar-refractivity contribution in [2.45, 2.75) is 63.8 Å². The van der Waals surface area contributed by atoms with E-state index in [0.29, 0.717) is 17.1 Å². The van der Waals surface area contributed by atoms with Crippen molar-refractivity contribution in [3.05, 3.63) is 34.9 Å². The van der Waals surface area contributed by atoms with E-state index in [4.69, 9.17) is 21.7 Å². The fraction of sp³-hybridized carbons (Fsp3) is 0.621. The van der Waals surface area contributed by atoms with Gasteiger partial charge >= 0.3 is 5.97 Å². The molecule has 1 atom stereocenters. The van der Waals surface area contributed by atoms with Crippen LogP contribution in [0, 0.1) is 23.2 Å². The molecular formula is C29H37ClN4O3. The number of rotatable bonds is 8. The van der Waals surface area contributed by atoms with Gasteiger partial charge in [0.05, 0.1) is 22.5 Å². The van der Waals surface area contributed by atoms with Crippen LogP contribution < -0.4 is 15.5 Å². The minimum atomic E-state index is -0.784. The highest BCUT2D eigenvalue weighted by atomic mass is 35.5. The summed E-state index contributed by atoms with van der Waals surface area (Å²) in [4.78, 5) is 31.4. The summed E-state index contributed by atoms with van der Waals surface area (Å²) in [6, 6.07) is 7.87. The zero-order valence-corrected chi connectivity index (χ0v) is 22.1. The highest BCUT2D eigenvalue weighted by Crippen LogP contribution is 2.59. The van der Waals surface area contributed by atoms with E-state index in [1.54, 1.807) is 6.07 Å². The predicted molar refractivity (Wildman–Crippen MR) is 145 cm³/mol. The second-order valence-electron chi connectivity index (χ2n) is 12.1. The van der Waals surface area contributed by atoms with Gasteiger partial charge in [-0.05, 0) is 98.8 Å². The lowest BCUT2D eigenvalue weighted by Crippen LogP contribution is -2.51. The second kappa shape index (κ2) is 10.1. The Labute approximate surface area is 223 Å². The van der Waals surface area contributed by atoms with E-state index in [1.165, 1.54) is 38.5 Å². The first-order valence-corrected chi connectivity index (χ1v) is 14.3. The average Bonchev–Trinajstić information content (AvgIpc) is 2.86. The zero-order chi connectivity index (χ0) is 25.6. The number of halogens is 1. The highest BCUT2D eigenvalue weighted by molar-refractivity contribution is 6.35. The lowest BCUT2D eigenvalue weighted by Gasteiger charge is -2.56. The average molecular weight is 525 g/mol. The summed E-state index contributed by atoms with van der Waals surface area (Å²) in [6.07, 6.45) is 10.1. The Morgan fingerprint density at radius 3 is 2.51 bits per heavy atom. The molecule has 37 heavy (non-hydrogen) atoms. The van der Waals surface area contributed by atoms with Crippen molar-refractivity contribution in [3.63, 3.8) is 0 Å². The van der Waals surface area contributed by atoms with Gasteiger partial charge in [-0.15, -0.1) is 0 Å². The van der Waals surface area contributed by atoms with Gasteiger partial charge in [-0.3, -0.25) is 9.59 Å². The third-order valence-corrected chi connectivity index (χ3v) is 9.65. The Morgan fingerprint density at radius 1 is 1.08 bits per heavy atom. The molecule has 0 spiro atoms. The number of amides is 1. The second-order valence-corrected chi connectivity index (χ2v) is 12.5. The highest BCUT2D eigenvalue weighted by Gasteiger charge is 2.50. The first-order valence-electron chi connectivity index (χ1n) is 13.9. The van der Waals surface area contributed by atoms with Crippen molar-refractivity contribution >= 4 is 40.2 Å².